The zero-order valence-corrected chi connectivity index (χ0v) is 10.7. The van der Waals surface area contributed by atoms with Crippen molar-refractivity contribution in [2.24, 2.45) is 16.1 Å². The predicted molar refractivity (Wildman–Crippen MR) is 72.5 cm³/mol. The van der Waals surface area contributed by atoms with Gasteiger partial charge in [0.05, 0.1) is 13.2 Å². The molecule has 0 aromatic carbocycles. The number of guanidine groups is 1. The van der Waals surface area contributed by atoms with E-state index in [-0.39, 0.29) is 5.41 Å². The van der Waals surface area contributed by atoms with Gasteiger partial charge in [0.2, 0.25) is 0 Å². The Morgan fingerprint density at radius 1 is 1.56 bits per heavy atom. The Hall–Kier alpha value is -1.62. The first-order valence-electron chi connectivity index (χ1n) is 6.21. The molecule has 3 N–H and O–H groups in total. The van der Waals surface area contributed by atoms with E-state index in [4.69, 9.17) is 10.5 Å². The molecular formula is C13H20N4O. The highest BCUT2D eigenvalue weighted by Gasteiger charge is 2.36. The Balaban J connectivity index is 1.89. The van der Waals surface area contributed by atoms with Crippen molar-refractivity contribution in [3.8, 4) is 0 Å². The highest BCUT2D eigenvalue weighted by molar-refractivity contribution is 5.91. The fraction of sp³-hybridized carbons (Fsp3) is 0.538. The van der Waals surface area contributed by atoms with Gasteiger partial charge in [0.25, 0.3) is 0 Å². The average Bonchev–Trinajstić information content (AvgIpc) is 2.34. The summed E-state index contributed by atoms with van der Waals surface area (Å²) in [5.74, 6) is 1.13. The number of aliphatic imine (C=N–C) groups is 1. The molecule has 1 heterocycles. The molecule has 1 aromatic heterocycles. The third-order valence-corrected chi connectivity index (χ3v) is 3.37. The van der Waals surface area contributed by atoms with Crippen LogP contribution >= 0.6 is 0 Å². The van der Waals surface area contributed by atoms with Crippen molar-refractivity contribution in [1.82, 2.24) is 4.98 Å². The molecule has 0 aliphatic heterocycles. The zero-order chi connectivity index (χ0) is 12.8. The van der Waals surface area contributed by atoms with Crippen molar-refractivity contribution in [1.29, 1.82) is 0 Å². The van der Waals surface area contributed by atoms with E-state index >= 15 is 0 Å². The molecule has 0 atom stereocenters. The van der Waals surface area contributed by atoms with Crippen LogP contribution in [0.2, 0.25) is 0 Å². The van der Waals surface area contributed by atoms with E-state index in [0.717, 1.165) is 6.61 Å². The smallest absolute Gasteiger partial charge is 0.194 e. The van der Waals surface area contributed by atoms with Crippen LogP contribution in [-0.2, 0) is 4.74 Å². The summed E-state index contributed by atoms with van der Waals surface area (Å²) in [6.45, 7) is 1.47. The molecule has 18 heavy (non-hydrogen) atoms. The summed E-state index contributed by atoms with van der Waals surface area (Å²) >= 11 is 0. The number of hydrogen-bond donors (Lipinski definition) is 2. The number of ether oxygens (including phenoxy) is 1. The number of methoxy groups -OCH3 is 1. The van der Waals surface area contributed by atoms with E-state index in [1.807, 2.05) is 18.2 Å². The largest absolute Gasteiger partial charge is 0.384 e. The summed E-state index contributed by atoms with van der Waals surface area (Å²) < 4.78 is 5.26. The summed E-state index contributed by atoms with van der Waals surface area (Å²) in [7, 11) is 1.74. The highest BCUT2D eigenvalue weighted by Crippen LogP contribution is 2.41. The number of pyridine rings is 1. The number of nitrogens with zero attached hydrogens (tertiary/aromatic N) is 2. The van der Waals surface area contributed by atoms with Crippen molar-refractivity contribution in [3.05, 3.63) is 24.4 Å². The normalized spacial score (nSPS) is 18.2. The predicted octanol–water partition coefficient (Wildman–Crippen LogP) is 1.62. The summed E-state index contributed by atoms with van der Waals surface area (Å²) in [6.07, 6.45) is 5.31. The van der Waals surface area contributed by atoms with Gasteiger partial charge in [0.15, 0.2) is 5.96 Å². The molecule has 1 aromatic rings. The van der Waals surface area contributed by atoms with Crippen LogP contribution in [-0.4, -0.2) is 31.2 Å². The molecule has 98 valence electrons. The first-order chi connectivity index (χ1) is 8.74. The summed E-state index contributed by atoms with van der Waals surface area (Å²) in [5, 5.41) is 2.98. The number of nitrogens with two attached hydrogens (primary N) is 1. The lowest BCUT2D eigenvalue weighted by molar-refractivity contribution is 0.0253. The standard InChI is InChI=1S/C13H20N4O/c1-18-10-13(6-4-7-13)9-16-12(14)17-11-5-2-3-8-15-11/h2-3,5,8H,4,6-7,9-10H2,1H3,(H3,14,15,16,17). The molecule has 1 aliphatic rings. The molecular weight excluding hydrogens is 228 g/mol. The van der Waals surface area contributed by atoms with Crippen LogP contribution < -0.4 is 11.1 Å². The lowest BCUT2D eigenvalue weighted by atomic mass is 9.69. The third-order valence-electron chi connectivity index (χ3n) is 3.37. The number of nitrogens with one attached hydrogen (secondary N) is 1. The van der Waals surface area contributed by atoms with Gasteiger partial charge in [0.1, 0.15) is 5.82 Å². The maximum Gasteiger partial charge on any atom is 0.194 e. The van der Waals surface area contributed by atoms with Crippen LogP contribution in [0.3, 0.4) is 0 Å². The molecule has 0 unspecified atom stereocenters. The van der Waals surface area contributed by atoms with Crippen LogP contribution in [0.25, 0.3) is 0 Å². The van der Waals surface area contributed by atoms with Gasteiger partial charge in [-0.05, 0) is 25.0 Å². The number of rotatable bonds is 5. The number of aromatic nitrogens is 1. The Bertz CT molecular complexity index is 401. The van der Waals surface area contributed by atoms with Crippen LogP contribution in [0.4, 0.5) is 5.82 Å². The second-order valence-corrected chi connectivity index (χ2v) is 4.83. The first kappa shape index (κ1) is 12.8. The molecule has 0 saturated heterocycles. The first-order valence-corrected chi connectivity index (χ1v) is 6.21. The van der Waals surface area contributed by atoms with Crippen LogP contribution in [0.1, 0.15) is 19.3 Å². The topological polar surface area (TPSA) is 72.5 Å². The summed E-state index contributed by atoms with van der Waals surface area (Å²) in [4.78, 5) is 8.53. The van der Waals surface area contributed by atoms with Gasteiger partial charge in [-0.15, -0.1) is 0 Å². The van der Waals surface area contributed by atoms with Gasteiger partial charge in [0, 0.05) is 18.7 Å². The van der Waals surface area contributed by atoms with Gasteiger partial charge >= 0.3 is 0 Å². The molecule has 0 bridgehead atoms. The molecule has 0 amide bonds. The minimum atomic E-state index is 0.200. The summed E-state index contributed by atoms with van der Waals surface area (Å²) in [6, 6.07) is 5.62. The second-order valence-electron chi connectivity index (χ2n) is 4.83. The quantitative estimate of drug-likeness (QED) is 0.613. The third kappa shape index (κ3) is 3.20. The molecule has 5 nitrogen and oxygen atoms in total. The van der Waals surface area contributed by atoms with Crippen LogP contribution in [0.5, 0.6) is 0 Å². The lowest BCUT2D eigenvalue weighted by Gasteiger charge is -2.40. The van der Waals surface area contributed by atoms with Crippen molar-refractivity contribution < 1.29 is 4.74 Å². The Morgan fingerprint density at radius 2 is 2.39 bits per heavy atom. The van der Waals surface area contributed by atoms with Crippen LogP contribution in [0, 0.1) is 5.41 Å². The van der Waals surface area contributed by atoms with E-state index in [1.165, 1.54) is 19.3 Å². The Morgan fingerprint density at radius 3 is 2.94 bits per heavy atom. The molecule has 5 heteroatoms. The molecule has 0 spiro atoms. The molecule has 0 radical (unpaired) electrons. The SMILES string of the molecule is COCC1(CN=C(N)Nc2ccccn2)CCC1. The van der Waals surface area contributed by atoms with Gasteiger partial charge in [-0.3, -0.25) is 4.99 Å². The highest BCUT2D eigenvalue weighted by atomic mass is 16.5. The van der Waals surface area contributed by atoms with E-state index < -0.39 is 0 Å². The van der Waals surface area contributed by atoms with Gasteiger partial charge in [-0.2, -0.15) is 0 Å². The Labute approximate surface area is 107 Å². The van der Waals surface area contributed by atoms with Gasteiger partial charge in [-0.1, -0.05) is 12.5 Å². The Kier molecular flexibility index (Phi) is 4.15. The van der Waals surface area contributed by atoms with Crippen LogP contribution in [0.15, 0.2) is 29.4 Å². The minimum Gasteiger partial charge on any atom is -0.384 e. The maximum atomic E-state index is 5.85. The molecule has 1 saturated carbocycles. The molecule has 1 fully saturated rings. The van der Waals surface area contributed by atoms with E-state index in [2.05, 4.69) is 15.3 Å². The monoisotopic (exact) mass is 248 g/mol. The van der Waals surface area contributed by atoms with Gasteiger partial charge in [-0.25, -0.2) is 4.98 Å². The lowest BCUT2D eigenvalue weighted by Crippen LogP contribution is -2.38. The minimum absolute atomic E-state index is 0.200. The zero-order valence-electron chi connectivity index (χ0n) is 10.7. The average molecular weight is 248 g/mol. The maximum absolute atomic E-state index is 5.85. The van der Waals surface area contributed by atoms with Crippen molar-refractivity contribution in [2.45, 2.75) is 19.3 Å². The number of anilines is 1. The molecule has 2 rings (SSSR count). The van der Waals surface area contributed by atoms with E-state index in [9.17, 15) is 0 Å². The molecule has 1 aliphatic carbocycles. The van der Waals surface area contributed by atoms with Crippen molar-refractivity contribution in [2.75, 3.05) is 25.6 Å². The fourth-order valence-corrected chi connectivity index (χ4v) is 2.19. The number of hydrogen-bond acceptors (Lipinski definition) is 3. The van der Waals surface area contributed by atoms with E-state index in [0.29, 0.717) is 18.3 Å². The van der Waals surface area contributed by atoms with Crippen molar-refractivity contribution in [3.63, 3.8) is 0 Å². The van der Waals surface area contributed by atoms with E-state index in [1.54, 1.807) is 13.3 Å². The fourth-order valence-electron chi connectivity index (χ4n) is 2.19. The van der Waals surface area contributed by atoms with Crippen molar-refractivity contribution >= 4 is 11.8 Å². The summed E-state index contributed by atoms with van der Waals surface area (Å²) in [5.41, 5.74) is 6.05. The van der Waals surface area contributed by atoms with Gasteiger partial charge < -0.3 is 15.8 Å². The second kappa shape index (κ2) is 5.82.